The summed E-state index contributed by atoms with van der Waals surface area (Å²) in [5.41, 5.74) is 9.77. The summed E-state index contributed by atoms with van der Waals surface area (Å²) in [7, 11) is -4.80. The van der Waals surface area contributed by atoms with E-state index in [0.29, 0.717) is 48.4 Å². The van der Waals surface area contributed by atoms with Crippen LogP contribution in [0, 0.1) is 0 Å². The van der Waals surface area contributed by atoms with Gasteiger partial charge in [-0.05, 0) is 111 Å². The number of benzene rings is 4. The largest absolute Gasteiger partial charge is 0.282 e. The van der Waals surface area contributed by atoms with E-state index < -0.39 is 31.5 Å². The lowest BCUT2D eigenvalue weighted by molar-refractivity contribution is -0.114. The minimum absolute atomic E-state index is 0.500. The van der Waals surface area contributed by atoms with Crippen molar-refractivity contribution in [2.75, 3.05) is 9.80 Å². The second-order valence-electron chi connectivity index (χ2n) is 12.4. The fourth-order valence-corrected chi connectivity index (χ4v) is 7.78. The van der Waals surface area contributed by atoms with Crippen molar-refractivity contribution >= 4 is 44.4 Å². The van der Waals surface area contributed by atoms with Crippen LogP contribution >= 0.6 is 0 Å². The van der Waals surface area contributed by atoms with Crippen molar-refractivity contribution < 1.29 is 18.0 Å². The Morgan fingerprint density at radius 2 is 0.694 bits per heavy atom. The normalized spacial score (nSPS) is 14.6. The second kappa shape index (κ2) is 15.8. The highest BCUT2D eigenvalue weighted by atomic mass is 32.2. The molecule has 0 bridgehead atoms. The number of anilines is 4. The molecule has 2 fully saturated rings. The fraction of sp³-hybridized carbons (Fsp3) is 0.238. The molecule has 0 unspecified atom stereocenters. The Balaban J connectivity index is 1.60. The average Bonchev–Trinajstić information content (AvgIpc) is 3.15. The lowest BCUT2D eigenvalue weighted by atomic mass is 9.95. The predicted octanol–water partition coefficient (Wildman–Crippen LogP) is 9.88. The van der Waals surface area contributed by atoms with Crippen LogP contribution < -0.4 is 9.80 Å². The molecule has 4 aromatic rings. The van der Waals surface area contributed by atoms with Crippen molar-refractivity contribution in [3.05, 3.63) is 154 Å². The predicted molar refractivity (Wildman–Crippen MR) is 196 cm³/mol. The highest BCUT2D eigenvalue weighted by Crippen LogP contribution is 2.35. The molecule has 0 N–H and O–H groups in total. The number of rotatable bonds is 8. The Morgan fingerprint density at radius 3 is 0.959 bits per heavy atom. The van der Waals surface area contributed by atoms with Crippen LogP contribution in [0.4, 0.5) is 22.7 Å². The quantitative estimate of drug-likeness (QED) is 0.138. The lowest BCUT2D eigenvalue weighted by Crippen LogP contribution is -2.35. The summed E-state index contributed by atoms with van der Waals surface area (Å²) in [6.07, 6.45) is 8.13. The molecule has 0 atom stereocenters. The number of hydrogen-bond acceptors (Lipinski definition) is 4. The van der Waals surface area contributed by atoms with Crippen LogP contribution in [0.15, 0.2) is 154 Å². The maximum absolute atomic E-state index is 15.3. The minimum atomic E-state index is -4.80. The second-order valence-corrected chi connectivity index (χ2v) is 14.2. The molecular weight excluding hydrogens is 629 g/mol. The van der Waals surface area contributed by atoms with Gasteiger partial charge in [0.05, 0.1) is 0 Å². The SMILES string of the molecule is O=C(C(=C=C1CCCCC1)S(=O)(=O)C(=C=C1CCCCC1)C(=O)N(c1ccccc1)c1ccccc1)N(c1ccccc1)c1ccccc1. The molecule has 49 heavy (non-hydrogen) atoms. The van der Waals surface area contributed by atoms with Crippen LogP contribution in [0.25, 0.3) is 0 Å². The van der Waals surface area contributed by atoms with Crippen molar-refractivity contribution in [2.45, 2.75) is 64.2 Å². The Bertz CT molecular complexity index is 1790. The van der Waals surface area contributed by atoms with E-state index in [1.807, 2.05) is 24.3 Å². The number of sulfone groups is 1. The summed E-state index contributed by atoms with van der Waals surface area (Å²) < 4.78 is 30.5. The smallest absolute Gasteiger partial charge is 0.276 e. The summed E-state index contributed by atoms with van der Waals surface area (Å²) in [5, 5.41) is 0. The van der Waals surface area contributed by atoms with E-state index in [9.17, 15) is 9.59 Å². The molecule has 0 radical (unpaired) electrons. The zero-order valence-electron chi connectivity index (χ0n) is 27.6. The minimum Gasteiger partial charge on any atom is -0.276 e. The van der Waals surface area contributed by atoms with Crippen LogP contribution in [0.5, 0.6) is 0 Å². The van der Waals surface area contributed by atoms with Gasteiger partial charge in [0.25, 0.3) is 11.8 Å². The molecule has 2 aliphatic rings. The van der Waals surface area contributed by atoms with Gasteiger partial charge in [0.15, 0.2) is 9.81 Å². The topological polar surface area (TPSA) is 74.8 Å². The van der Waals surface area contributed by atoms with Gasteiger partial charge >= 0.3 is 0 Å². The molecule has 0 saturated heterocycles. The molecule has 2 amide bonds. The Morgan fingerprint density at radius 1 is 0.429 bits per heavy atom. The fourth-order valence-electron chi connectivity index (χ4n) is 6.38. The third kappa shape index (κ3) is 7.93. The van der Waals surface area contributed by atoms with Gasteiger partial charge in [-0.3, -0.25) is 19.4 Å². The molecule has 2 aliphatic carbocycles. The Kier molecular flexibility index (Phi) is 10.9. The van der Waals surface area contributed by atoms with Crippen LogP contribution in [0.2, 0.25) is 0 Å². The number of amides is 2. The molecule has 0 aliphatic heterocycles. The molecular formula is C42H40N2O4S. The lowest BCUT2D eigenvalue weighted by Gasteiger charge is -2.26. The summed E-state index contributed by atoms with van der Waals surface area (Å²) in [6, 6.07) is 35.9. The molecule has 4 aromatic carbocycles. The van der Waals surface area contributed by atoms with Crippen LogP contribution in [0.3, 0.4) is 0 Å². The van der Waals surface area contributed by atoms with Gasteiger partial charge in [-0.15, -0.1) is 0 Å². The molecule has 6 rings (SSSR count). The maximum atomic E-state index is 15.3. The molecule has 2 saturated carbocycles. The molecule has 7 heteroatoms. The van der Waals surface area contributed by atoms with Gasteiger partial charge in [0, 0.05) is 22.7 Å². The number of carbonyl (C=O) groups is 2. The molecule has 0 aromatic heterocycles. The monoisotopic (exact) mass is 668 g/mol. The average molecular weight is 669 g/mol. The van der Waals surface area contributed by atoms with Gasteiger partial charge in [-0.1, -0.05) is 97.1 Å². The third-order valence-electron chi connectivity index (χ3n) is 8.88. The van der Waals surface area contributed by atoms with Crippen molar-refractivity contribution in [3.63, 3.8) is 0 Å². The van der Waals surface area contributed by atoms with E-state index in [2.05, 4.69) is 11.5 Å². The first-order valence-electron chi connectivity index (χ1n) is 17.0. The summed E-state index contributed by atoms with van der Waals surface area (Å²) >= 11 is 0. The van der Waals surface area contributed by atoms with Gasteiger partial charge in [0.2, 0.25) is 9.84 Å². The summed E-state index contributed by atoms with van der Waals surface area (Å²) in [4.78, 5) is 31.6. The van der Waals surface area contributed by atoms with E-state index in [4.69, 9.17) is 0 Å². The van der Waals surface area contributed by atoms with E-state index in [1.54, 1.807) is 97.1 Å². The van der Waals surface area contributed by atoms with E-state index in [-0.39, 0.29) is 0 Å². The van der Waals surface area contributed by atoms with Crippen LogP contribution in [-0.4, -0.2) is 20.2 Å². The highest BCUT2D eigenvalue weighted by Gasteiger charge is 2.40. The standard InChI is InChI=1S/C42H40N2O4S/c45-41(43(35-23-11-3-12-24-35)36-25-13-4-14-26-36)39(31-33-19-7-1-8-20-33)49(47,48)40(32-34-21-9-2-10-22-34)42(46)44(37-27-15-5-16-28-37)38-29-17-6-18-30-38/h3-6,11-18,23-30H,1-2,7-10,19-22H2. The first-order valence-corrected chi connectivity index (χ1v) is 18.5. The Labute approximate surface area is 289 Å². The number of para-hydroxylation sites is 4. The van der Waals surface area contributed by atoms with Crippen molar-refractivity contribution in [1.82, 2.24) is 0 Å². The molecule has 0 heterocycles. The Hall–Kier alpha value is -5.19. The van der Waals surface area contributed by atoms with Crippen molar-refractivity contribution in [2.24, 2.45) is 0 Å². The zero-order chi connectivity index (χ0) is 34.1. The van der Waals surface area contributed by atoms with Gasteiger partial charge < -0.3 is 0 Å². The van der Waals surface area contributed by atoms with Crippen LogP contribution in [0.1, 0.15) is 64.2 Å². The highest BCUT2D eigenvalue weighted by molar-refractivity contribution is 8.00. The molecule has 248 valence electrons. The number of hydrogen-bond donors (Lipinski definition) is 0. The van der Waals surface area contributed by atoms with E-state index >= 15 is 8.42 Å². The summed E-state index contributed by atoms with van der Waals surface area (Å²) in [5.74, 6) is -1.55. The number of carbonyl (C=O) groups excluding carboxylic acids is 2. The van der Waals surface area contributed by atoms with E-state index in [0.717, 1.165) is 49.7 Å². The summed E-state index contributed by atoms with van der Waals surface area (Å²) in [6.45, 7) is 0. The van der Waals surface area contributed by atoms with Gasteiger partial charge in [-0.25, -0.2) is 8.42 Å². The van der Waals surface area contributed by atoms with Crippen LogP contribution in [-0.2, 0) is 19.4 Å². The maximum Gasteiger partial charge on any atom is 0.282 e. The first kappa shape index (κ1) is 33.7. The van der Waals surface area contributed by atoms with Crippen molar-refractivity contribution in [3.8, 4) is 0 Å². The van der Waals surface area contributed by atoms with Crippen molar-refractivity contribution in [1.29, 1.82) is 0 Å². The molecule has 6 nitrogen and oxygen atoms in total. The van der Waals surface area contributed by atoms with Gasteiger partial charge in [0.1, 0.15) is 0 Å². The number of nitrogens with zero attached hydrogens (tertiary/aromatic N) is 2. The van der Waals surface area contributed by atoms with E-state index in [1.165, 1.54) is 9.80 Å². The zero-order valence-corrected chi connectivity index (χ0v) is 28.4. The third-order valence-corrected chi connectivity index (χ3v) is 10.5. The first-order chi connectivity index (χ1) is 23.9. The molecule has 0 spiro atoms. The van der Waals surface area contributed by atoms with Gasteiger partial charge in [-0.2, -0.15) is 0 Å².